The average Bonchev–Trinajstić information content (AvgIpc) is 2.60. The number of rotatable bonds is 5. The van der Waals surface area contributed by atoms with E-state index in [0.717, 1.165) is 38.0 Å². The second kappa shape index (κ2) is 6.92. The maximum absolute atomic E-state index is 9.86. The molecule has 0 fully saturated rings. The Labute approximate surface area is 116 Å². The Bertz CT molecular complexity index is 406. The molecule has 1 aliphatic heterocycles. The van der Waals surface area contributed by atoms with Gasteiger partial charge >= 0.3 is 0 Å². The van der Waals surface area contributed by atoms with Crippen LogP contribution < -0.4 is 10.1 Å². The predicted molar refractivity (Wildman–Crippen MR) is 77.6 cm³/mol. The summed E-state index contributed by atoms with van der Waals surface area (Å²) in [7, 11) is 0. The van der Waals surface area contributed by atoms with Crippen molar-refractivity contribution < 1.29 is 9.84 Å². The van der Waals surface area contributed by atoms with Crippen molar-refractivity contribution in [2.75, 3.05) is 13.2 Å². The Morgan fingerprint density at radius 3 is 3.11 bits per heavy atom. The van der Waals surface area contributed by atoms with Crippen LogP contribution in [0.15, 0.2) is 18.2 Å². The summed E-state index contributed by atoms with van der Waals surface area (Å²) in [4.78, 5) is 0. The number of fused-ring (bicyclic) bond motifs is 1. The molecule has 0 amide bonds. The first-order valence-electron chi connectivity index (χ1n) is 7.36. The molecule has 1 aliphatic rings. The van der Waals surface area contributed by atoms with Gasteiger partial charge < -0.3 is 15.2 Å². The van der Waals surface area contributed by atoms with Crippen LogP contribution in [-0.4, -0.2) is 24.4 Å². The fraction of sp³-hybridized carbons (Fsp3) is 0.625. The minimum atomic E-state index is -0.248. The van der Waals surface area contributed by atoms with E-state index in [0.29, 0.717) is 12.6 Å². The van der Waals surface area contributed by atoms with Gasteiger partial charge in [0, 0.05) is 18.2 Å². The van der Waals surface area contributed by atoms with Crippen LogP contribution in [0, 0.1) is 6.92 Å². The van der Waals surface area contributed by atoms with Crippen molar-refractivity contribution in [3.05, 3.63) is 29.3 Å². The topological polar surface area (TPSA) is 41.5 Å². The molecule has 3 nitrogen and oxygen atoms in total. The highest BCUT2D eigenvalue weighted by atomic mass is 16.5. The van der Waals surface area contributed by atoms with E-state index in [4.69, 9.17) is 4.74 Å². The molecule has 0 radical (unpaired) electrons. The van der Waals surface area contributed by atoms with Gasteiger partial charge in [-0.15, -0.1) is 0 Å². The zero-order valence-corrected chi connectivity index (χ0v) is 12.0. The minimum absolute atomic E-state index is 0.248. The standard InChI is InChI=1S/C16H25NO2/c1-3-6-13(18)11-17-15-9-5-10-19-16-12(2)7-4-8-14(15)16/h4,7-8,13,15,17-18H,3,5-6,9-11H2,1-2H3. The van der Waals surface area contributed by atoms with Crippen LogP contribution >= 0.6 is 0 Å². The second-order valence-corrected chi connectivity index (χ2v) is 5.39. The van der Waals surface area contributed by atoms with Crippen molar-refractivity contribution >= 4 is 0 Å². The fourth-order valence-corrected chi connectivity index (χ4v) is 2.69. The molecule has 1 aromatic rings. The molecule has 106 valence electrons. The number of aliphatic hydroxyl groups is 1. The van der Waals surface area contributed by atoms with Gasteiger partial charge in [0.25, 0.3) is 0 Å². The van der Waals surface area contributed by atoms with Gasteiger partial charge in [-0.1, -0.05) is 31.5 Å². The lowest BCUT2D eigenvalue weighted by Gasteiger charge is -2.21. The lowest BCUT2D eigenvalue weighted by atomic mass is 9.99. The van der Waals surface area contributed by atoms with Gasteiger partial charge in [-0.25, -0.2) is 0 Å². The Morgan fingerprint density at radius 2 is 2.32 bits per heavy atom. The van der Waals surface area contributed by atoms with Crippen LogP contribution in [0.25, 0.3) is 0 Å². The maximum Gasteiger partial charge on any atom is 0.126 e. The zero-order chi connectivity index (χ0) is 13.7. The molecule has 2 rings (SSSR count). The van der Waals surface area contributed by atoms with Crippen LogP contribution in [0.5, 0.6) is 5.75 Å². The third-order valence-corrected chi connectivity index (χ3v) is 3.72. The Balaban J connectivity index is 2.07. The first-order chi connectivity index (χ1) is 9.22. The van der Waals surface area contributed by atoms with Crippen LogP contribution in [0.4, 0.5) is 0 Å². The largest absolute Gasteiger partial charge is 0.493 e. The van der Waals surface area contributed by atoms with Gasteiger partial charge in [-0.2, -0.15) is 0 Å². The van der Waals surface area contributed by atoms with E-state index in [9.17, 15) is 5.11 Å². The van der Waals surface area contributed by atoms with Gasteiger partial charge in [-0.05, 0) is 31.7 Å². The predicted octanol–water partition coefficient (Wildman–Crippen LogP) is 2.96. The van der Waals surface area contributed by atoms with E-state index in [1.54, 1.807) is 0 Å². The lowest BCUT2D eigenvalue weighted by Crippen LogP contribution is -2.30. The summed E-state index contributed by atoms with van der Waals surface area (Å²) in [6, 6.07) is 6.61. The molecule has 0 saturated carbocycles. The average molecular weight is 263 g/mol. The lowest BCUT2D eigenvalue weighted by molar-refractivity contribution is 0.155. The van der Waals surface area contributed by atoms with Gasteiger partial charge in [0.05, 0.1) is 12.7 Å². The quantitative estimate of drug-likeness (QED) is 0.858. The first-order valence-corrected chi connectivity index (χ1v) is 7.36. The van der Waals surface area contributed by atoms with E-state index in [2.05, 4.69) is 37.4 Å². The third-order valence-electron chi connectivity index (χ3n) is 3.72. The molecular formula is C16H25NO2. The van der Waals surface area contributed by atoms with E-state index in [1.165, 1.54) is 11.1 Å². The highest BCUT2D eigenvalue weighted by Gasteiger charge is 2.21. The van der Waals surface area contributed by atoms with Crippen molar-refractivity contribution in [1.29, 1.82) is 0 Å². The van der Waals surface area contributed by atoms with Gasteiger partial charge in [0.2, 0.25) is 0 Å². The molecule has 0 aliphatic carbocycles. The van der Waals surface area contributed by atoms with Crippen LogP contribution in [-0.2, 0) is 0 Å². The maximum atomic E-state index is 9.86. The Kier molecular flexibility index (Phi) is 5.23. The summed E-state index contributed by atoms with van der Waals surface area (Å²) in [6.07, 6.45) is 3.75. The highest BCUT2D eigenvalue weighted by Crippen LogP contribution is 2.33. The van der Waals surface area contributed by atoms with Crippen molar-refractivity contribution in [2.45, 2.75) is 51.7 Å². The molecule has 1 heterocycles. The summed E-state index contributed by atoms with van der Waals surface area (Å²) >= 11 is 0. The number of aliphatic hydroxyl groups excluding tert-OH is 1. The van der Waals surface area contributed by atoms with Crippen molar-refractivity contribution in [3.8, 4) is 5.75 Å². The van der Waals surface area contributed by atoms with E-state index < -0.39 is 0 Å². The van der Waals surface area contributed by atoms with Crippen LogP contribution in [0.3, 0.4) is 0 Å². The van der Waals surface area contributed by atoms with Gasteiger partial charge in [-0.3, -0.25) is 0 Å². The molecule has 19 heavy (non-hydrogen) atoms. The smallest absolute Gasteiger partial charge is 0.126 e. The summed E-state index contributed by atoms with van der Waals surface area (Å²) in [5.74, 6) is 1.03. The number of ether oxygens (including phenoxy) is 1. The summed E-state index contributed by atoms with van der Waals surface area (Å²) in [5, 5.41) is 13.4. The molecule has 2 unspecified atom stereocenters. The molecule has 1 aromatic carbocycles. The van der Waals surface area contributed by atoms with E-state index in [-0.39, 0.29) is 6.10 Å². The Hall–Kier alpha value is -1.06. The van der Waals surface area contributed by atoms with Crippen LogP contribution in [0.2, 0.25) is 0 Å². The van der Waals surface area contributed by atoms with Crippen molar-refractivity contribution in [2.24, 2.45) is 0 Å². The molecule has 0 bridgehead atoms. The molecule has 0 aromatic heterocycles. The number of hydrogen-bond acceptors (Lipinski definition) is 3. The number of aryl methyl sites for hydroxylation is 1. The summed E-state index contributed by atoms with van der Waals surface area (Å²) in [5.41, 5.74) is 2.43. The van der Waals surface area contributed by atoms with Crippen LogP contribution in [0.1, 0.15) is 49.8 Å². The molecular weight excluding hydrogens is 238 g/mol. The van der Waals surface area contributed by atoms with Crippen molar-refractivity contribution in [1.82, 2.24) is 5.32 Å². The summed E-state index contributed by atoms with van der Waals surface area (Å²) < 4.78 is 5.86. The molecule has 2 N–H and O–H groups in total. The van der Waals surface area contributed by atoms with Gasteiger partial charge in [0.15, 0.2) is 0 Å². The second-order valence-electron chi connectivity index (χ2n) is 5.39. The molecule has 0 saturated heterocycles. The Morgan fingerprint density at radius 1 is 1.47 bits per heavy atom. The normalized spacial score (nSPS) is 20.3. The number of benzene rings is 1. The molecule has 3 heteroatoms. The fourth-order valence-electron chi connectivity index (χ4n) is 2.69. The van der Waals surface area contributed by atoms with E-state index >= 15 is 0 Å². The van der Waals surface area contributed by atoms with Crippen molar-refractivity contribution in [3.63, 3.8) is 0 Å². The monoisotopic (exact) mass is 263 g/mol. The van der Waals surface area contributed by atoms with Gasteiger partial charge in [0.1, 0.15) is 5.75 Å². The zero-order valence-electron chi connectivity index (χ0n) is 12.0. The number of para-hydroxylation sites is 1. The highest BCUT2D eigenvalue weighted by molar-refractivity contribution is 5.43. The third kappa shape index (κ3) is 3.71. The molecule has 0 spiro atoms. The first kappa shape index (κ1) is 14.4. The minimum Gasteiger partial charge on any atom is -0.493 e. The molecule has 2 atom stereocenters. The number of hydrogen-bond donors (Lipinski definition) is 2. The van der Waals surface area contributed by atoms with E-state index in [1.807, 2.05) is 0 Å². The number of nitrogens with one attached hydrogen (secondary N) is 1. The SMILES string of the molecule is CCCC(O)CNC1CCCOc2c(C)cccc21. The summed E-state index contributed by atoms with van der Waals surface area (Å²) in [6.45, 7) is 5.63.